The molecular formula is C26H34N6O3. The Hall–Kier alpha value is -3.75. The quantitative estimate of drug-likeness (QED) is 0.438. The molecule has 0 aliphatic heterocycles. The summed E-state index contributed by atoms with van der Waals surface area (Å²) in [6.07, 6.45) is 4.07. The average Bonchev–Trinajstić information content (AvgIpc) is 2.87. The molecule has 186 valence electrons. The van der Waals surface area contributed by atoms with Crippen LogP contribution in [0.2, 0.25) is 0 Å². The molecule has 1 aromatic heterocycles. The normalized spacial score (nSPS) is 17.5. The van der Waals surface area contributed by atoms with E-state index >= 15 is 0 Å². The van der Waals surface area contributed by atoms with E-state index in [-0.39, 0.29) is 6.03 Å². The minimum absolute atomic E-state index is 0.235. The zero-order valence-electron chi connectivity index (χ0n) is 20.8. The highest BCUT2D eigenvalue weighted by Gasteiger charge is 2.23. The number of urea groups is 1. The number of rotatable bonds is 8. The number of benzene rings is 2. The van der Waals surface area contributed by atoms with Gasteiger partial charge in [-0.05, 0) is 43.7 Å². The first-order valence-electron chi connectivity index (χ1n) is 11.9. The second-order valence-electron chi connectivity index (χ2n) is 9.08. The summed E-state index contributed by atoms with van der Waals surface area (Å²) in [6, 6.07) is 13.4. The Bertz CT molecular complexity index is 1140. The average molecular weight is 479 g/mol. The number of nitrogens with zero attached hydrogens (tertiary/aromatic N) is 3. The molecule has 1 fully saturated rings. The minimum atomic E-state index is -0.235. The summed E-state index contributed by atoms with van der Waals surface area (Å²) in [5, 5.41) is 10.4. The fraction of sp³-hybridized carbons (Fsp3) is 0.423. The van der Waals surface area contributed by atoms with Crippen LogP contribution in [0, 0.1) is 5.92 Å². The van der Waals surface area contributed by atoms with E-state index in [2.05, 4.69) is 16.0 Å². The van der Waals surface area contributed by atoms with Crippen molar-refractivity contribution in [3.63, 3.8) is 0 Å². The number of carbonyl (C=O) groups is 1. The Labute approximate surface area is 206 Å². The van der Waals surface area contributed by atoms with Crippen molar-refractivity contribution in [1.82, 2.24) is 15.3 Å². The number of anilines is 3. The summed E-state index contributed by atoms with van der Waals surface area (Å²) in [5.74, 6) is 3.27. The van der Waals surface area contributed by atoms with E-state index in [4.69, 9.17) is 19.4 Å². The molecule has 1 aliphatic carbocycles. The van der Waals surface area contributed by atoms with Crippen LogP contribution in [0.25, 0.3) is 10.9 Å². The monoisotopic (exact) mass is 478 g/mol. The molecule has 9 nitrogen and oxygen atoms in total. The van der Waals surface area contributed by atoms with Gasteiger partial charge in [-0.3, -0.25) is 0 Å². The fourth-order valence-electron chi connectivity index (χ4n) is 4.45. The van der Waals surface area contributed by atoms with Crippen LogP contribution in [0.15, 0.2) is 42.5 Å². The Morgan fingerprint density at radius 1 is 1.00 bits per heavy atom. The Balaban J connectivity index is 1.27. The van der Waals surface area contributed by atoms with Gasteiger partial charge in [0.2, 0.25) is 5.95 Å². The van der Waals surface area contributed by atoms with Crippen molar-refractivity contribution in [2.75, 3.05) is 50.4 Å². The lowest BCUT2D eigenvalue weighted by molar-refractivity contribution is 0.246. The first kappa shape index (κ1) is 24.4. The molecule has 0 radical (unpaired) electrons. The summed E-state index contributed by atoms with van der Waals surface area (Å²) in [7, 11) is 7.16. The van der Waals surface area contributed by atoms with E-state index in [1.807, 2.05) is 43.3 Å². The summed E-state index contributed by atoms with van der Waals surface area (Å²) in [5.41, 5.74) is 1.56. The minimum Gasteiger partial charge on any atom is -0.497 e. The van der Waals surface area contributed by atoms with Crippen molar-refractivity contribution in [2.24, 2.45) is 5.92 Å². The molecule has 3 N–H and O–H groups in total. The zero-order valence-corrected chi connectivity index (χ0v) is 20.8. The Kier molecular flexibility index (Phi) is 7.74. The molecule has 1 saturated carbocycles. The third-order valence-electron chi connectivity index (χ3n) is 6.35. The standard InChI is InChI=1S/C26H34N6O3/c1-32(2)24-22-7-5-6-8-23(22)30-25(31-24)28-18-11-9-17(10-12-18)16-27-26(33)29-19-13-20(34-3)15-21(14-19)35-4/h5-8,13-15,17-18H,9-12,16H2,1-4H3,(H2,27,29,33)(H,28,30,31)/t17-,18+. The van der Waals surface area contributed by atoms with Crippen molar-refractivity contribution >= 4 is 34.4 Å². The van der Waals surface area contributed by atoms with Crippen molar-refractivity contribution in [1.29, 1.82) is 0 Å². The second-order valence-corrected chi connectivity index (χ2v) is 9.08. The van der Waals surface area contributed by atoms with E-state index in [0.29, 0.717) is 41.6 Å². The van der Waals surface area contributed by atoms with Crippen molar-refractivity contribution in [3.05, 3.63) is 42.5 Å². The molecule has 0 spiro atoms. The van der Waals surface area contributed by atoms with Gasteiger partial charge in [0.15, 0.2) is 0 Å². The van der Waals surface area contributed by atoms with Gasteiger partial charge in [-0.1, -0.05) is 12.1 Å². The number of carbonyl (C=O) groups excluding carboxylic acids is 1. The number of methoxy groups -OCH3 is 2. The molecular weight excluding hydrogens is 444 g/mol. The van der Waals surface area contributed by atoms with Crippen molar-refractivity contribution < 1.29 is 14.3 Å². The maximum Gasteiger partial charge on any atom is 0.319 e. The predicted molar refractivity (Wildman–Crippen MR) is 140 cm³/mol. The number of hydrogen-bond acceptors (Lipinski definition) is 7. The Morgan fingerprint density at radius 2 is 1.69 bits per heavy atom. The molecule has 1 heterocycles. The largest absolute Gasteiger partial charge is 0.497 e. The van der Waals surface area contributed by atoms with E-state index < -0.39 is 0 Å². The van der Waals surface area contributed by atoms with Gasteiger partial charge in [-0.15, -0.1) is 0 Å². The summed E-state index contributed by atoms with van der Waals surface area (Å²) >= 11 is 0. The van der Waals surface area contributed by atoms with Crippen molar-refractivity contribution in [2.45, 2.75) is 31.7 Å². The van der Waals surface area contributed by atoms with Crippen molar-refractivity contribution in [3.8, 4) is 11.5 Å². The first-order valence-corrected chi connectivity index (χ1v) is 11.9. The molecule has 2 aromatic carbocycles. The lowest BCUT2D eigenvalue weighted by Gasteiger charge is -2.29. The number of hydrogen-bond donors (Lipinski definition) is 3. The molecule has 1 aliphatic rings. The van der Waals surface area contributed by atoms with E-state index in [0.717, 1.165) is 42.4 Å². The van der Waals surface area contributed by atoms with E-state index in [1.165, 1.54) is 0 Å². The molecule has 0 unspecified atom stereocenters. The molecule has 0 atom stereocenters. The highest BCUT2D eigenvalue weighted by Crippen LogP contribution is 2.29. The smallest absolute Gasteiger partial charge is 0.319 e. The van der Waals surface area contributed by atoms with Gasteiger partial charge < -0.3 is 30.3 Å². The molecule has 2 amide bonds. The fourth-order valence-corrected chi connectivity index (χ4v) is 4.45. The van der Waals surface area contributed by atoms with Crippen LogP contribution < -0.4 is 30.3 Å². The van der Waals surface area contributed by atoms with Crippen LogP contribution in [-0.2, 0) is 0 Å². The van der Waals surface area contributed by atoms with Crippen LogP contribution in [0.5, 0.6) is 11.5 Å². The number of ether oxygens (including phenoxy) is 2. The third kappa shape index (κ3) is 6.23. The number of aromatic nitrogens is 2. The van der Waals surface area contributed by atoms with Crippen LogP contribution in [0.3, 0.4) is 0 Å². The maximum atomic E-state index is 12.4. The number of amides is 2. The highest BCUT2D eigenvalue weighted by atomic mass is 16.5. The number of para-hydroxylation sites is 1. The van der Waals surface area contributed by atoms with Crippen LogP contribution in [-0.4, -0.2) is 56.9 Å². The topological polar surface area (TPSA) is 101 Å². The lowest BCUT2D eigenvalue weighted by Crippen LogP contribution is -2.36. The van der Waals surface area contributed by atoms with Gasteiger partial charge in [-0.2, -0.15) is 4.98 Å². The summed E-state index contributed by atoms with van der Waals surface area (Å²) in [4.78, 5) is 23.9. The summed E-state index contributed by atoms with van der Waals surface area (Å²) in [6.45, 7) is 0.636. The summed E-state index contributed by atoms with van der Waals surface area (Å²) < 4.78 is 10.5. The molecule has 3 aromatic rings. The predicted octanol–water partition coefficient (Wildman–Crippen LogP) is 4.51. The molecule has 0 saturated heterocycles. The highest BCUT2D eigenvalue weighted by molar-refractivity contribution is 5.90. The van der Waals surface area contributed by atoms with Gasteiger partial charge in [0, 0.05) is 56.0 Å². The molecule has 0 bridgehead atoms. The Morgan fingerprint density at radius 3 is 2.34 bits per heavy atom. The van der Waals surface area contributed by atoms with Crippen LogP contribution >= 0.6 is 0 Å². The number of fused-ring (bicyclic) bond motifs is 1. The molecule has 9 heteroatoms. The first-order chi connectivity index (χ1) is 16.9. The van der Waals surface area contributed by atoms with Gasteiger partial charge in [-0.25, -0.2) is 9.78 Å². The zero-order chi connectivity index (χ0) is 24.8. The van der Waals surface area contributed by atoms with Gasteiger partial charge >= 0.3 is 6.03 Å². The van der Waals surface area contributed by atoms with E-state index in [9.17, 15) is 4.79 Å². The molecule has 4 rings (SSSR count). The third-order valence-corrected chi connectivity index (χ3v) is 6.35. The van der Waals surface area contributed by atoms with Crippen LogP contribution in [0.1, 0.15) is 25.7 Å². The lowest BCUT2D eigenvalue weighted by atomic mass is 9.86. The van der Waals surface area contributed by atoms with Gasteiger partial charge in [0.25, 0.3) is 0 Å². The molecule has 35 heavy (non-hydrogen) atoms. The second kappa shape index (κ2) is 11.1. The van der Waals surface area contributed by atoms with E-state index in [1.54, 1.807) is 32.4 Å². The van der Waals surface area contributed by atoms with Gasteiger partial charge in [0.05, 0.1) is 19.7 Å². The van der Waals surface area contributed by atoms with Gasteiger partial charge in [0.1, 0.15) is 17.3 Å². The SMILES string of the molecule is COc1cc(NC(=O)NC[C@H]2CC[C@@H](Nc3nc(N(C)C)c4ccccc4n3)CC2)cc(OC)c1. The number of nitrogens with one attached hydrogen (secondary N) is 3. The maximum absolute atomic E-state index is 12.4. The van der Waals surface area contributed by atoms with Crippen LogP contribution in [0.4, 0.5) is 22.2 Å².